The number of aliphatic hydroxyl groups excluding tert-OH is 1. The number of likely N-dealkylation sites (N-methyl/N-ethyl adjacent to an activating group) is 1. The number of hydrogen-bond acceptors (Lipinski definition) is 6. The monoisotopic (exact) mass is 372 g/mol. The van der Waals surface area contributed by atoms with Crippen molar-refractivity contribution in [1.82, 2.24) is 19.9 Å². The molecule has 0 saturated carbocycles. The van der Waals surface area contributed by atoms with Crippen LogP contribution in [0.1, 0.15) is 28.2 Å². The maximum Gasteiger partial charge on any atom is 0.276 e. The number of carbonyl (C=O) groups excluding carboxylic acids is 1. The summed E-state index contributed by atoms with van der Waals surface area (Å²) >= 11 is 0. The van der Waals surface area contributed by atoms with Gasteiger partial charge < -0.3 is 19.4 Å². The highest BCUT2D eigenvalue weighted by Crippen LogP contribution is 2.23. The van der Waals surface area contributed by atoms with E-state index < -0.39 is 0 Å². The Kier molecular flexibility index (Phi) is 6.26. The summed E-state index contributed by atoms with van der Waals surface area (Å²) in [6, 6.07) is 12.0. The Morgan fingerprint density at radius 3 is 2.67 bits per heavy atom. The van der Waals surface area contributed by atoms with Crippen molar-refractivity contribution >= 4 is 5.91 Å². The van der Waals surface area contributed by atoms with Gasteiger partial charge in [0.2, 0.25) is 0 Å². The minimum absolute atomic E-state index is 0.0411. The van der Waals surface area contributed by atoms with E-state index in [2.05, 4.69) is 27.1 Å². The van der Waals surface area contributed by atoms with Gasteiger partial charge in [-0.2, -0.15) is 0 Å². The predicted molar refractivity (Wildman–Crippen MR) is 102 cm³/mol. The van der Waals surface area contributed by atoms with Crippen LogP contribution in [0.4, 0.5) is 0 Å². The number of benzene rings is 1. The Bertz CT molecular complexity index is 747. The van der Waals surface area contributed by atoms with E-state index in [-0.39, 0.29) is 24.6 Å². The number of amides is 1. The van der Waals surface area contributed by atoms with Gasteiger partial charge in [0, 0.05) is 25.2 Å². The molecule has 0 bridgehead atoms. The van der Waals surface area contributed by atoms with Crippen LogP contribution in [0.2, 0.25) is 0 Å². The molecule has 0 aliphatic carbocycles. The third kappa shape index (κ3) is 4.74. The highest BCUT2D eigenvalue weighted by Gasteiger charge is 2.37. The molecule has 7 heteroatoms. The van der Waals surface area contributed by atoms with E-state index in [1.165, 1.54) is 5.56 Å². The molecule has 2 atom stereocenters. The highest BCUT2D eigenvalue weighted by atomic mass is 16.5. The first kappa shape index (κ1) is 19.5. The van der Waals surface area contributed by atoms with Crippen LogP contribution in [0.5, 0.6) is 0 Å². The number of aliphatic hydroxyl groups is 1. The predicted octanol–water partition coefficient (Wildman–Crippen LogP) is 1.44. The third-order valence-corrected chi connectivity index (χ3v) is 5.09. The standard InChI is InChI=1S/C20H28N4O3/c1-22(2)16-9-17(14-25)24(12-16)20(26)19-10-18(27-21-19)13-23(3)11-15-7-5-4-6-8-15/h4-8,10,16-17,25H,9,11-14H2,1-3H3/t16-,17+/m1/s1. The zero-order valence-corrected chi connectivity index (χ0v) is 16.2. The van der Waals surface area contributed by atoms with Crippen LogP contribution in [-0.4, -0.2) is 77.2 Å². The molecule has 1 aromatic heterocycles. The molecule has 1 saturated heterocycles. The van der Waals surface area contributed by atoms with Gasteiger partial charge in [0.15, 0.2) is 11.5 Å². The third-order valence-electron chi connectivity index (χ3n) is 5.09. The van der Waals surface area contributed by atoms with Gasteiger partial charge in [-0.15, -0.1) is 0 Å². The molecular weight excluding hydrogens is 344 g/mol. The smallest absolute Gasteiger partial charge is 0.276 e. The Hall–Kier alpha value is -2.22. The van der Waals surface area contributed by atoms with Crippen LogP contribution in [0.25, 0.3) is 0 Å². The van der Waals surface area contributed by atoms with Crippen molar-refractivity contribution in [2.45, 2.75) is 31.6 Å². The lowest BCUT2D eigenvalue weighted by atomic mass is 10.1. The molecule has 1 N–H and O–H groups in total. The fraction of sp³-hybridized carbons (Fsp3) is 0.500. The zero-order valence-electron chi connectivity index (χ0n) is 16.2. The molecule has 7 nitrogen and oxygen atoms in total. The van der Waals surface area contributed by atoms with Crippen LogP contribution < -0.4 is 0 Å². The molecule has 3 rings (SSSR count). The van der Waals surface area contributed by atoms with Crippen molar-refractivity contribution in [3.05, 3.63) is 53.4 Å². The van der Waals surface area contributed by atoms with E-state index in [4.69, 9.17) is 4.52 Å². The van der Waals surface area contributed by atoms with Crippen molar-refractivity contribution in [3.8, 4) is 0 Å². The second-order valence-electron chi connectivity index (χ2n) is 7.48. The zero-order chi connectivity index (χ0) is 19.4. The molecule has 1 fully saturated rings. The Labute approximate surface area is 160 Å². The molecule has 1 aromatic carbocycles. The summed E-state index contributed by atoms with van der Waals surface area (Å²) in [6.45, 7) is 1.90. The van der Waals surface area contributed by atoms with Crippen LogP contribution in [0, 0.1) is 0 Å². The van der Waals surface area contributed by atoms with E-state index in [1.807, 2.05) is 39.3 Å². The number of nitrogens with zero attached hydrogens (tertiary/aromatic N) is 4. The first-order valence-corrected chi connectivity index (χ1v) is 9.24. The van der Waals surface area contributed by atoms with E-state index in [9.17, 15) is 9.90 Å². The number of likely N-dealkylation sites (tertiary alicyclic amines) is 1. The number of aromatic nitrogens is 1. The topological polar surface area (TPSA) is 73.1 Å². The average molecular weight is 372 g/mol. The molecule has 0 spiro atoms. The number of carbonyl (C=O) groups is 1. The van der Waals surface area contributed by atoms with Crippen molar-refractivity contribution in [2.75, 3.05) is 34.3 Å². The molecule has 1 aliphatic heterocycles. The lowest BCUT2D eigenvalue weighted by molar-refractivity contribution is 0.0662. The van der Waals surface area contributed by atoms with E-state index >= 15 is 0 Å². The Morgan fingerprint density at radius 2 is 2.00 bits per heavy atom. The largest absolute Gasteiger partial charge is 0.394 e. The normalized spacial score (nSPS) is 20.0. The first-order valence-electron chi connectivity index (χ1n) is 9.24. The van der Waals surface area contributed by atoms with Gasteiger partial charge in [-0.25, -0.2) is 0 Å². The van der Waals surface area contributed by atoms with Gasteiger partial charge in [-0.05, 0) is 33.1 Å². The fourth-order valence-corrected chi connectivity index (χ4v) is 3.54. The molecular formula is C20H28N4O3. The van der Waals surface area contributed by atoms with Gasteiger partial charge in [0.25, 0.3) is 5.91 Å². The first-order chi connectivity index (χ1) is 13.0. The van der Waals surface area contributed by atoms with Gasteiger partial charge in [-0.3, -0.25) is 9.69 Å². The van der Waals surface area contributed by atoms with Crippen LogP contribution >= 0.6 is 0 Å². The quantitative estimate of drug-likeness (QED) is 0.793. The molecule has 0 unspecified atom stereocenters. The van der Waals surface area contributed by atoms with E-state index in [1.54, 1.807) is 11.0 Å². The molecule has 2 heterocycles. The molecule has 1 amide bonds. The second kappa shape index (κ2) is 8.65. The van der Waals surface area contributed by atoms with Crippen LogP contribution in [0.15, 0.2) is 40.9 Å². The van der Waals surface area contributed by atoms with E-state index in [0.29, 0.717) is 24.5 Å². The summed E-state index contributed by atoms with van der Waals surface area (Å²) in [5.74, 6) is 0.472. The lowest BCUT2D eigenvalue weighted by Crippen LogP contribution is -2.39. The fourth-order valence-electron chi connectivity index (χ4n) is 3.54. The van der Waals surface area contributed by atoms with Crippen LogP contribution in [0.3, 0.4) is 0 Å². The lowest BCUT2D eigenvalue weighted by Gasteiger charge is -2.22. The SMILES string of the molecule is CN(Cc1ccccc1)Cc1cc(C(=O)N2C[C@H](N(C)C)C[C@H]2CO)no1. The summed E-state index contributed by atoms with van der Waals surface area (Å²) in [5.41, 5.74) is 1.52. The van der Waals surface area contributed by atoms with Crippen molar-refractivity contribution < 1.29 is 14.4 Å². The summed E-state index contributed by atoms with van der Waals surface area (Å²) < 4.78 is 5.38. The van der Waals surface area contributed by atoms with Gasteiger partial charge in [-0.1, -0.05) is 35.5 Å². The van der Waals surface area contributed by atoms with Gasteiger partial charge in [0.05, 0.1) is 19.2 Å². The minimum Gasteiger partial charge on any atom is -0.394 e. The average Bonchev–Trinajstić information content (AvgIpc) is 3.28. The maximum atomic E-state index is 12.8. The molecule has 1 aliphatic rings. The summed E-state index contributed by atoms with van der Waals surface area (Å²) in [4.78, 5) is 18.7. The maximum absolute atomic E-state index is 12.8. The van der Waals surface area contributed by atoms with Gasteiger partial charge in [0.1, 0.15) is 0 Å². The van der Waals surface area contributed by atoms with Gasteiger partial charge >= 0.3 is 0 Å². The molecule has 27 heavy (non-hydrogen) atoms. The van der Waals surface area contributed by atoms with Crippen molar-refractivity contribution in [1.29, 1.82) is 0 Å². The number of hydrogen-bond donors (Lipinski definition) is 1. The Balaban J connectivity index is 1.62. The number of rotatable bonds is 7. The molecule has 0 radical (unpaired) electrons. The summed E-state index contributed by atoms with van der Waals surface area (Å²) in [7, 11) is 5.98. The van der Waals surface area contributed by atoms with Crippen molar-refractivity contribution in [3.63, 3.8) is 0 Å². The van der Waals surface area contributed by atoms with Crippen molar-refractivity contribution in [2.24, 2.45) is 0 Å². The second-order valence-corrected chi connectivity index (χ2v) is 7.48. The molecule has 2 aromatic rings. The summed E-state index contributed by atoms with van der Waals surface area (Å²) in [6.07, 6.45) is 0.764. The van der Waals surface area contributed by atoms with E-state index in [0.717, 1.165) is 13.0 Å². The summed E-state index contributed by atoms with van der Waals surface area (Å²) in [5, 5.41) is 13.6. The highest BCUT2D eigenvalue weighted by molar-refractivity contribution is 5.92. The van der Waals surface area contributed by atoms with Crippen LogP contribution in [-0.2, 0) is 13.1 Å². The molecule has 146 valence electrons. The minimum atomic E-state index is -0.181. The Morgan fingerprint density at radius 1 is 1.26 bits per heavy atom.